The first kappa shape index (κ1) is 14.6. The van der Waals surface area contributed by atoms with Crippen molar-refractivity contribution in [1.82, 2.24) is 0 Å². The Hall–Kier alpha value is -2.82. The topological polar surface area (TPSA) is 77.8 Å². The fourth-order valence-electron chi connectivity index (χ4n) is 2.00. The average molecular weight is 285 g/mol. The summed E-state index contributed by atoms with van der Waals surface area (Å²) in [4.78, 5) is 24.5. The second-order valence-electron chi connectivity index (χ2n) is 4.56. The van der Waals surface area contributed by atoms with E-state index in [9.17, 15) is 14.7 Å². The third-order valence-corrected chi connectivity index (χ3v) is 2.93. The Kier molecular flexibility index (Phi) is 4.56. The number of nitrogens with zero attached hydrogens (tertiary/aromatic N) is 1. The van der Waals surface area contributed by atoms with Crippen molar-refractivity contribution in [2.45, 2.75) is 6.42 Å². The number of hydrogen-bond acceptors (Lipinski definition) is 3. The van der Waals surface area contributed by atoms with Crippen molar-refractivity contribution in [2.24, 2.45) is 0 Å². The first-order valence-corrected chi connectivity index (χ1v) is 6.41. The van der Waals surface area contributed by atoms with Crippen molar-refractivity contribution in [3.8, 4) is 5.75 Å². The maximum absolute atomic E-state index is 12.3. The standard InChI is InChI=1S/C16H15NO4/c18-14-8-4-5-12(9-14)10-15(19)17(11-16(20)21)13-6-2-1-3-7-13/h1-9,18H,10-11H2,(H,20,21). The number of hydrogen-bond donors (Lipinski definition) is 2. The lowest BCUT2D eigenvalue weighted by atomic mass is 10.1. The van der Waals surface area contributed by atoms with E-state index < -0.39 is 12.5 Å². The number of para-hydroxylation sites is 1. The molecule has 1 amide bonds. The van der Waals surface area contributed by atoms with Gasteiger partial charge in [-0.15, -0.1) is 0 Å². The lowest BCUT2D eigenvalue weighted by Crippen LogP contribution is -2.36. The molecule has 5 nitrogen and oxygen atoms in total. The number of rotatable bonds is 5. The highest BCUT2D eigenvalue weighted by Gasteiger charge is 2.18. The van der Waals surface area contributed by atoms with Gasteiger partial charge in [0.25, 0.3) is 0 Å². The van der Waals surface area contributed by atoms with Gasteiger partial charge in [0.05, 0.1) is 6.42 Å². The Balaban J connectivity index is 2.20. The van der Waals surface area contributed by atoms with E-state index in [2.05, 4.69) is 0 Å². The van der Waals surface area contributed by atoms with Crippen molar-refractivity contribution in [2.75, 3.05) is 11.4 Å². The Bertz CT molecular complexity index is 640. The van der Waals surface area contributed by atoms with E-state index in [0.717, 1.165) is 0 Å². The van der Waals surface area contributed by atoms with Crippen LogP contribution >= 0.6 is 0 Å². The number of benzene rings is 2. The maximum Gasteiger partial charge on any atom is 0.323 e. The number of aliphatic carboxylic acids is 1. The highest BCUT2D eigenvalue weighted by Crippen LogP contribution is 2.17. The molecule has 0 aliphatic carbocycles. The summed E-state index contributed by atoms with van der Waals surface area (Å²) in [5, 5.41) is 18.4. The summed E-state index contributed by atoms with van der Waals surface area (Å²) in [5.41, 5.74) is 1.16. The number of carbonyl (C=O) groups excluding carboxylic acids is 1. The largest absolute Gasteiger partial charge is 0.508 e. The van der Waals surface area contributed by atoms with Gasteiger partial charge in [-0.05, 0) is 29.8 Å². The minimum absolute atomic E-state index is 0.0244. The van der Waals surface area contributed by atoms with Crippen LogP contribution in [0.3, 0.4) is 0 Å². The summed E-state index contributed by atoms with van der Waals surface area (Å²) in [6, 6.07) is 15.0. The molecular weight excluding hydrogens is 270 g/mol. The SMILES string of the molecule is O=C(O)CN(C(=O)Cc1cccc(O)c1)c1ccccc1. The zero-order valence-corrected chi connectivity index (χ0v) is 11.3. The van der Waals surface area contributed by atoms with Gasteiger partial charge in [0, 0.05) is 5.69 Å². The number of phenolic OH excluding ortho intramolecular Hbond substituents is 1. The fraction of sp³-hybridized carbons (Fsp3) is 0.125. The minimum Gasteiger partial charge on any atom is -0.508 e. The molecule has 0 fully saturated rings. The molecule has 108 valence electrons. The number of carboxylic acid groups (broad SMARTS) is 1. The maximum atomic E-state index is 12.3. The molecular formula is C16H15NO4. The molecule has 0 aromatic heterocycles. The van der Waals surface area contributed by atoms with Gasteiger partial charge >= 0.3 is 5.97 Å². The van der Waals surface area contributed by atoms with Gasteiger partial charge < -0.3 is 15.1 Å². The summed E-state index contributed by atoms with van der Waals surface area (Å²) < 4.78 is 0. The van der Waals surface area contributed by atoms with E-state index in [4.69, 9.17) is 5.11 Å². The molecule has 2 rings (SSSR count). The quantitative estimate of drug-likeness (QED) is 0.881. The van der Waals surface area contributed by atoms with Gasteiger partial charge in [-0.3, -0.25) is 9.59 Å². The number of carbonyl (C=O) groups is 2. The normalized spacial score (nSPS) is 10.1. The van der Waals surface area contributed by atoms with Crippen LogP contribution in [-0.2, 0) is 16.0 Å². The summed E-state index contributed by atoms with van der Waals surface area (Å²) >= 11 is 0. The molecule has 0 unspecified atom stereocenters. The predicted molar refractivity (Wildman–Crippen MR) is 78.2 cm³/mol. The molecule has 0 radical (unpaired) electrons. The number of aromatic hydroxyl groups is 1. The van der Waals surface area contributed by atoms with Gasteiger partial charge in [0.2, 0.25) is 5.91 Å². The van der Waals surface area contributed by atoms with Crippen LogP contribution in [0.15, 0.2) is 54.6 Å². The molecule has 21 heavy (non-hydrogen) atoms. The monoisotopic (exact) mass is 285 g/mol. The van der Waals surface area contributed by atoms with Gasteiger partial charge in [-0.25, -0.2) is 0 Å². The Morgan fingerprint density at radius 2 is 1.71 bits per heavy atom. The third-order valence-electron chi connectivity index (χ3n) is 2.93. The minimum atomic E-state index is -1.08. The van der Waals surface area contributed by atoms with Crippen LogP contribution in [0.25, 0.3) is 0 Å². The van der Waals surface area contributed by atoms with Crippen LogP contribution in [-0.4, -0.2) is 28.6 Å². The van der Waals surface area contributed by atoms with E-state index in [1.807, 2.05) is 0 Å². The van der Waals surface area contributed by atoms with E-state index in [1.54, 1.807) is 42.5 Å². The van der Waals surface area contributed by atoms with Crippen LogP contribution in [0.5, 0.6) is 5.75 Å². The van der Waals surface area contributed by atoms with Gasteiger partial charge in [0.1, 0.15) is 12.3 Å². The van der Waals surface area contributed by atoms with Crippen LogP contribution in [0.2, 0.25) is 0 Å². The summed E-state index contributed by atoms with van der Waals surface area (Å²) in [5.74, 6) is -1.35. The molecule has 0 aliphatic heterocycles. The highest BCUT2D eigenvalue weighted by molar-refractivity contribution is 5.98. The lowest BCUT2D eigenvalue weighted by Gasteiger charge is -2.21. The van der Waals surface area contributed by atoms with Gasteiger partial charge in [0.15, 0.2) is 0 Å². The van der Waals surface area contributed by atoms with E-state index in [-0.39, 0.29) is 18.1 Å². The number of phenols is 1. The van der Waals surface area contributed by atoms with E-state index >= 15 is 0 Å². The summed E-state index contributed by atoms with van der Waals surface area (Å²) in [6.45, 7) is -0.401. The summed E-state index contributed by atoms with van der Waals surface area (Å²) in [7, 11) is 0. The predicted octanol–water partition coefficient (Wildman–Crippen LogP) is 2.05. The lowest BCUT2D eigenvalue weighted by molar-refractivity contribution is -0.136. The third kappa shape index (κ3) is 4.07. The molecule has 0 bridgehead atoms. The van der Waals surface area contributed by atoms with Gasteiger partial charge in [-0.1, -0.05) is 30.3 Å². The second-order valence-corrected chi connectivity index (χ2v) is 4.56. The number of carboxylic acids is 1. The van der Waals surface area contributed by atoms with Crippen LogP contribution in [0, 0.1) is 0 Å². The molecule has 2 aromatic rings. The zero-order valence-electron chi connectivity index (χ0n) is 11.3. The molecule has 0 saturated heterocycles. The molecule has 2 aromatic carbocycles. The number of amides is 1. The first-order valence-electron chi connectivity index (χ1n) is 6.41. The molecule has 0 heterocycles. The molecule has 0 aliphatic rings. The van der Waals surface area contributed by atoms with Crippen LogP contribution in [0.4, 0.5) is 5.69 Å². The smallest absolute Gasteiger partial charge is 0.323 e. The number of anilines is 1. The van der Waals surface area contributed by atoms with Crippen molar-refractivity contribution >= 4 is 17.6 Å². The summed E-state index contributed by atoms with van der Waals surface area (Å²) in [6.07, 6.45) is 0.0244. The Morgan fingerprint density at radius 3 is 2.33 bits per heavy atom. The van der Waals surface area contributed by atoms with Crippen molar-refractivity contribution in [1.29, 1.82) is 0 Å². The molecule has 2 N–H and O–H groups in total. The zero-order chi connectivity index (χ0) is 15.2. The Morgan fingerprint density at radius 1 is 1.00 bits per heavy atom. The van der Waals surface area contributed by atoms with E-state index in [0.29, 0.717) is 11.3 Å². The fourth-order valence-corrected chi connectivity index (χ4v) is 2.00. The van der Waals surface area contributed by atoms with E-state index in [1.165, 1.54) is 17.0 Å². The van der Waals surface area contributed by atoms with Crippen molar-refractivity contribution in [3.05, 3.63) is 60.2 Å². The second kappa shape index (κ2) is 6.56. The molecule has 0 saturated carbocycles. The molecule has 5 heteroatoms. The van der Waals surface area contributed by atoms with Crippen molar-refractivity contribution in [3.63, 3.8) is 0 Å². The highest BCUT2D eigenvalue weighted by atomic mass is 16.4. The first-order chi connectivity index (χ1) is 10.1. The molecule has 0 spiro atoms. The molecule has 0 atom stereocenters. The average Bonchev–Trinajstić information content (AvgIpc) is 2.45. The van der Waals surface area contributed by atoms with Gasteiger partial charge in [-0.2, -0.15) is 0 Å². The Labute approximate surface area is 122 Å². The van der Waals surface area contributed by atoms with Crippen molar-refractivity contribution < 1.29 is 19.8 Å². The van der Waals surface area contributed by atoms with Crippen LogP contribution < -0.4 is 4.90 Å². The van der Waals surface area contributed by atoms with Crippen LogP contribution in [0.1, 0.15) is 5.56 Å².